The molecule has 106 valence electrons. The van der Waals surface area contributed by atoms with Crippen molar-refractivity contribution in [2.45, 2.75) is 69.9 Å². The summed E-state index contributed by atoms with van der Waals surface area (Å²) in [7, 11) is 2.15. The van der Waals surface area contributed by atoms with E-state index < -0.39 is 11.5 Å². The van der Waals surface area contributed by atoms with Crippen molar-refractivity contribution in [2.75, 3.05) is 13.6 Å². The summed E-state index contributed by atoms with van der Waals surface area (Å²) in [4.78, 5) is 13.5. The summed E-state index contributed by atoms with van der Waals surface area (Å²) < 4.78 is 0. The molecule has 0 spiro atoms. The number of hydrogen-bond acceptors (Lipinski definition) is 3. The van der Waals surface area contributed by atoms with Crippen molar-refractivity contribution in [3.05, 3.63) is 0 Å². The highest BCUT2D eigenvalue weighted by molar-refractivity contribution is 5.78. The molecule has 1 aliphatic rings. The first-order valence-electron chi connectivity index (χ1n) is 7.22. The van der Waals surface area contributed by atoms with E-state index in [0.717, 1.165) is 13.0 Å². The second-order valence-electron chi connectivity index (χ2n) is 5.69. The second kappa shape index (κ2) is 7.10. The monoisotopic (exact) mass is 256 g/mol. The van der Waals surface area contributed by atoms with Crippen molar-refractivity contribution in [2.24, 2.45) is 5.73 Å². The molecule has 1 fully saturated rings. The topological polar surface area (TPSA) is 66.6 Å². The molecule has 0 aromatic carbocycles. The Morgan fingerprint density at radius 3 is 2.50 bits per heavy atom. The molecule has 0 heterocycles. The van der Waals surface area contributed by atoms with Gasteiger partial charge in [-0.15, -0.1) is 0 Å². The Morgan fingerprint density at radius 1 is 1.39 bits per heavy atom. The zero-order valence-corrected chi connectivity index (χ0v) is 11.8. The molecule has 1 saturated carbocycles. The summed E-state index contributed by atoms with van der Waals surface area (Å²) in [6, 6.07) is 0.692. The van der Waals surface area contributed by atoms with Crippen LogP contribution >= 0.6 is 0 Å². The Morgan fingerprint density at radius 2 is 2.00 bits per heavy atom. The quantitative estimate of drug-likeness (QED) is 0.733. The van der Waals surface area contributed by atoms with E-state index in [1.807, 2.05) is 6.92 Å². The Kier molecular flexibility index (Phi) is 6.09. The molecule has 0 radical (unpaired) electrons. The van der Waals surface area contributed by atoms with Crippen molar-refractivity contribution < 1.29 is 9.90 Å². The normalized spacial score (nSPS) is 20.9. The number of nitrogens with zero attached hydrogens (tertiary/aromatic N) is 1. The van der Waals surface area contributed by atoms with Gasteiger partial charge in [-0.3, -0.25) is 4.79 Å². The molecule has 4 nitrogen and oxygen atoms in total. The third kappa shape index (κ3) is 4.25. The van der Waals surface area contributed by atoms with Gasteiger partial charge in [0.05, 0.1) is 0 Å². The van der Waals surface area contributed by atoms with Crippen LogP contribution in [0.2, 0.25) is 0 Å². The molecule has 1 unspecified atom stereocenters. The first kappa shape index (κ1) is 15.4. The van der Waals surface area contributed by atoms with E-state index >= 15 is 0 Å². The average molecular weight is 256 g/mol. The zero-order valence-electron chi connectivity index (χ0n) is 11.8. The summed E-state index contributed by atoms with van der Waals surface area (Å²) in [6.45, 7) is 2.80. The van der Waals surface area contributed by atoms with Crippen LogP contribution in [0.15, 0.2) is 0 Å². The van der Waals surface area contributed by atoms with Crippen molar-refractivity contribution in [1.29, 1.82) is 0 Å². The van der Waals surface area contributed by atoms with Gasteiger partial charge in [-0.25, -0.2) is 0 Å². The van der Waals surface area contributed by atoms with E-state index in [1.165, 1.54) is 32.1 Å². The number of carbonyl (C=O) groups is 1. The molecule has 1 atom stereocenters. The molecule has 3 N–H and O–H groups in total. The van der Waals surface area contributed by atoms with Crippen LogP contribution in [0.1, 0.15) is 58.3 Å². The minimum absolute atomic E-state index is 0.496. The average Bonchev–Trinajstić information content (AvgIpc) is 2.39. The summed E-state index contributed by atoms with van der Waals surface area (Å²) in [5.74, 6) is -0.870. The molecule has 0 aromatic heterocycles. The van der Waals surface area contributed by atoms with E-state index in [1.54, 1.807) is 0 Å². The largest absolute Gasteiger partial charge is 0.480 e. The lowest BCUT2D eigenvalue weighted by molar-refractivity contribution is -0.143. The van der Waals surface area contributed by atoms with Crippen molar-refractivity contribution >= 4 is 5.97 Å². The number of aliphatic carboxylic acids is 1. The Hall–Kier alpha value is -0.610. The van der Waals surface area contributed by atoms with E-state index in [-0.39, 0.29) is 0 Å². The lowest BCUT2D eigenvalue weighted by atomic mass is 9.91. The van der Waals surface area contributed by atoms with Gasteiger partial charge in [-0.05, 0) is 45.7 Å². The minimum Gasteiger partial charge on any atom is -0.480 e. The summed E-state index contributed by atoms with van der Waals surface area (Å²) in [6.07, 6.45) is 8.54. The zero-order chi connectivity index (χ0) is 13.6. The number of carboxylic acids is 1. The van der Waals surface area contributed by atoms with Crippen LogP contribution in [0.5, 0.6) is 0 Å². The van der Waals surface area contributed by atoms with Crippen LogP contribution in [0.4, 0.5) is 0 Å². The Balaban J connectivity index is 2.29. The third-order valence-corrected chi connectivity index (χ3v) is 4.39. The van der Waals surface area contributed by atoms with Crippen molar-refractivity contribution in [1.82, 2.24) is 4.90 Å². The highest BCUT2D eigenvalue weighted by Gasteiger charge is 2.31. The van der Waals surface area contributed by atoms with Crippen LogP contribution in [-0.4, -0.2) is 41.1 Å². The summed E-state index contributed by atoms with van der Waals surface area (Å²) in [5, 5.41) is 9.11. The first-order chi connectivity index (χ1) is 8.49. The maximum Gasteiger partial charge on any atom is 0.323 e. The summed E-state index contributed by atoms with van der Waals surface area (Å²) >= 11 is 0. The van der Waals surface area contributed by atoms with Gasteiger partial charge in [0.15, 0.2) is 0 Å². The fourth-order valence-corrected chi connectivity index (χ4v) is 2.78. The highest BCUT2D eigenvalue weighted by atomic mass is 16.4. The third-order valence-electron chi connectivity index (χ3n) is 4.39. The van der Waals surface area contributed by atoms with Crippen LogP contribution < -0.4 is 5.73 Å². The van der Waals surface area contributed by atoms with E-state index in [2.05, 4.69) is 11.9 Å². The van der Waals surface area contributed by atoms with Gasteiger partial charge in [-0.1, -0.05) is 26.2 Å². The van der Waals surface area contributed by atoms with Gasteiger partial charge in [-0.2, -0.15) is 0 Å². The number of carboxylic acid groups (broad SMARTS) is 1. The lowest BCUT2D eigenvalue weighted by Crippen LogP contribution is -2.48. The molecule has 18 heavy (non-hydrogen) atoms. The first-order valence-corrected chi connectivity index (χ1v) is 7.22. The van der Waals surface area contributed by atoms with E-state index in [9.17, 15) is 4.79 Å². The molecular formula is C14H28N2O2. The molecule has 1 rings (SSSR count). The molecule has 0 aliphatic heterocycles. The van der Waals surface area contributed by atoms with Crippen LogP contribution in [0, 0.1) is 0 Å². The highest BCUT2D eigenvalue weighted by Crippen LogP contribution is 2.22. The fourth-order valence-electron chi connectivity index (χ4n) is 2.78. The van der Waals surface area contributed by atoms with Gasteiger partial charge >= 0.3 is 5.97 Å². The molecule has 4 heteroatoms. The maximum absolute atomic E-state index is 11.1. The minimum atomic E-state index is -1.03. The van der Waals surface area contributed by atoms with Gasteiger partial charge in [0.25, 0.3) is 0 Å². The maximum atomic E-state index is 11.1. The number of rotatable bonds is 7. The number of nitrogens with two attached hydrogens (primary N) is 1. The second-order valence-corrected chi connectivity index (χ2v) is 5.69. The smallest absolute Gasteiger partial charge is 0.323 e. The van der Waals surface area contributed by atoms with Crippen molar-refractivity contribution in [3.63, 3.8) is 0 Å². The SMILES string of the molecule is CCC(N)(CCCN(C)C1CCCCC1)C(=O)O. The fraction of sp³-hybridized carbons (Fsp3) is 0.929. The predicted octanol–water partition coefficient (Wildman–Crippen LogP) is 2.22. The van der Waals surface area contributed by atoms with E-state index in [4.69, 9.17) is 10.8 Å². The van der Waals surface area contributed by atoms with Crippen LogP contribution in [0.25, 0.3) is 0 Å². The van der Waals surface area contributed by atoms with Gasteiger partial charge in [0, 0.05) is 6.04 Å². The van der Waals surface area contributed by atoms with Gasteiger partial charge in [0.1, 0.15) is 5.54 Å². The Labute approximate surface area is 111 Å². The standard InChI is InChI=1S/C14H28N2O2/c1-3-14(15,13(17)18)10-7-11-16(2)12-8-5-4-6-9-12/h12H,3-11,15H2,1-2H3,(H,17,18). The van der Waals surface area contributed by atoms with Gasteiger partial charge in [0.2, 0.25) is 0 Å². The predicted molar refractivity (Wildman–Crippen MR) is 73.6 cm³/mol. The lowest BCUT2D eigenvalue weighted by Gasteiger charge is -2.32. The van der Waals surface area contributed by atoms with Crippen LogP contribution in [0.3, 0.4) is 0 Å². The van der Waals surface area contributed by atoms with Gasteiger partial charge < -0.3 is 15.7 Å². The molecule has 0 saturated heterocycles. The van der Waals surface area contributed by atoms with Crippen molar-refractivity contribution in [3.8, 4) is 0 Å². The summed E-state index contributed by atoms with van der Waals surface area (Å²) in [5.41, 5.74) is 4.85. The molecular weight excluding hydrogens is 228 g/mol. The molecule has 1 aliphatic carbocycles. The molecule has 0 bridgehead atoms. The van der Waals surface area contributed by atoms with Crippen LogP contribution in [-0.2, 0) is 4.79 Å². The Bertz CT molecular complexity index is 265. The number of hydrogen-bond donors (Lipinski definition) is 2. The van der Waals surface area contributed by atoms with E-state index in [0.29, 0.717) is 18.9 Å². The molecule has 0 amide bonds. The molecule has 0 aromatic rings.